The van der Waals surface area contributed by atoms with Crippen LogP contribution in [0.4, 0.5) is 32.0 Å². The standard InChI is InChI=1S/C28H26F6N2O3S/c29-27(30,31)24-18(8-10-23(37)36-13-2-1-3-14-36)7-9-22(25(24)28(32,33)34)40-21-6-4-5-20(17-21)35-15-11-19(12-16-35)26(38)39/h1-2,4-10,17,19H,3,11-16H2,(H,38,39). The van der Waals surface area contributed by atoms with Gasteiger partial charge in [-0.15, -0.1) is 0 Å². The highest BCUT2D eigenvalue weighted by molar-refractivity contribution is 7.99. The van der Waals surface area contributed by atoms with Gasteiger partial charge in [-0.05, 0) is 55.2 Å². The van der Waals surface area contributed by atoms with Crippen LogP contribution in [0.1, 0.15) is 36.0 Å². The van der Waals surface area contributed by atoms with Crippen molar-refractivity contribution >= 4 is 35.4 Å². The Labute approximate surface area is 231 Å². The zero-order valence-electron chi connectivity index (χ0n) is 21.1. The third-order valence-electron chi connectivity index (χ3n) is 6.80. The van der Waals surface area contributed by atoms with Crippen molar-refractivity contribution in [1.82, 2.24) is 4.90 Å². The molecule has 1 fully saturated rings. The van der Waals surface area contributed by atoms with Gasteiger partial charge in [-0.25, -0.2) is 0 Å². The van der Waals surface area contributed by atoms with Crippen molar-refractivity contribution in [3.63, 3.8) is 0 Å². The maximum absolute atomic E-state index is 14.2. The number of amides is 1. The summed E-state index contributed by atoms with van der Waals surface area (Å²) >= 11 is 0.563. The van der Waals surface area contributed by atoms with Crippen LogP contribution in [0.15, 0.2) is 64.4 Å². The monoisotopic (exact) mass is 584 g/mol. The highest BCUT2D eigenvalue weighted by Crippen LogP contribution is 2.48. The van der Waals surface area contributed by atoms with Crippen LogP contribution in [-0.4, -0.2) is 48.1 Å². The van der Waals surface area contributed by atoms with Gasteiger partial charge in [0.25, 0.3) is 0 Å². The number of carboxylic acid groups (broad SMARTS) is 1. The van der Waals surface area contributed by atoms with Crippen LogP contribution in [0.25, 0.3) is 6.08 Å². The Bertz CT molecular complexity index is 1310. The van der Waals surface area contributed by atoms with E-state index in [2.05, 4.69) is 0 Å². The van der Waals surface area contributed by atoms with E-state index in [-0.39, 0.29) is 6.54 Å². The first-order valence-corrected chi connectivity index (χ1v) is 13.4. The third kappa shape index (κ3) is 7.01. The number of rotatable bonds is 6. The lowest BCUT2D eigenvalue weighted by Crippen LogP contribution is -2.36. The molecule has 40 heavy (non-hydrogen) atoms. The summed E-state index contributed by atoms with van der Waals surface area (Å²) in [6.07, 6.45) is -4.02. The van der Waals surface area contributed by atoms with Crippen molar-refractivity contribution in [1.29, 1.82) is 0 Å². The Hall–Kier alpha value is -3.41. The number of carboxylic acids is 1. The Morgan fingerprint density at radius 2 is 1.62 bits per heavy atom. The largest absolute Gasteiger partial charge is 0.481 e. The second-order valence-electron chi connectivity index (χ2n) is 9.48. The predicted octanol–water partition coefficient (Wildman–Crippen LogP) is 6.98. The quantitative estimate of drug-likeness (QED) is 0.226. The molecular formula is C28H26F6N2O3S. The first-order valence-electron chi connectivity index (χ1n) is 12.5. The fourth-order valence-electron chi connectivity index (χ4n) is 4.77. The van der Waals surface area contributed by atoms with E-state index in [9.17, 15) is 41.0 Å². The minimum Gasteiger partial charge on any atom is -0.481 e. The minimum absolute atomic E-state index is 0.273. The average molecular weight is 585 g/mol. The van der Waals surface area contributed by atoms with Crippen molar-refractivity contribution in [3.8, 4) is 0 Å². The zero-order chi connectivity index (χ0) is 29.1. The van der Waals surface area contributed by atoms with E-state index in [1.165, 1.54) is 11.0 Å². The summed E-state index contributed by atoms with van der Waals surface area (Å²) in [6.45, 7) is 1.51. The lowest BCUT2D eigenvalue weighted by molar-refractivity contribution is -0.163. The second-order valence-corrected chi connectivity index (χ2v) is 10.6. The van der Waals surface area contributed by atoms with E-state index in [1.807, 2.05) is 11.0 Å². The van der Waals surface area contributed by atoms with Gasteiger partial charge in [-0.1, -0.05) is 36.0 Å². The molecule has 0 atom stereocenters. The van der Waals surface area contributed by atoms with Gasteiger partial charge in [0, 0.05) is 47.7 Å². The normalized spacial score (nSPS) is 17.1. The molecule has 0 aliphatic carbocycles. The molecule has 0 radical (unpaired) electrons. The van der Waals surface area contributed by atoms with Crippen molar-refractivity contribution in [2.45, 2.75) is 41.4 Å². The van der Waals surface area contributed by atoms with E-state index in [0.29, 0.717) is 61.2 Å². The van der Waals surface area contributed by atoms with Crippen molar-refractivity contribution in [2.75, 3.05) is 31.1 Å². The van der Waals surface area contributed by atoms with Gasteiger partial charge in [0.1, 0.15) is 0 Å². The summed E-state index contributed by atoms with van der Waals surface area (Å²) in [6, 6.07) is 8.34. The highest BCUT2D eigenvalue weighted by Gasteiger charge is 2.46. The predicted molar refractivity (Wildman–Crippen MR) is 139 cm³/mol. The summed E-state index contributed by atoms with van der Waals surface area (Å²) in [5.74, 6) is -1.94. The number of halogens is 6. The maximum Gasteiger partial charge on any atom is 0.418 e. The van der Waals surface area contributed by atoms with E-state index < -0.39 is 51.7 Å². The number of aliphatic carboxylic acids is 1. The van der Waals surface area contributed by atoms with E-state index >= 15 is 0 Å². The molecule has 4 rings (SSSR count). The summed E-state index contributed by atoms with van der Waals surface area (Å²) in [4.78, 5) is 26.6. The molecule has 2 aliphatic heterocycles. The molecule has 214 valence electrons. The first-order chi connectivity index (χ1) is 18.8. The number of piperidine rings is 1. The van der Waals surface area contributed by atoms with Gasteiger partial charge in [0.05, 0.1) is 17.0 Å². The van der Waals surface area contributed by atoms with Crippen LogP contribution < -0.4 is 4.90 Å². The Morgan fingerprint density at radius 1 is 0.925 bits per heavy atom. The molecule has 0 aromatic heterocycles. The lowest BCUT2D eigenvalue weighted by Gasteiger charge is -2.32. The second kappa shape index (κ2) is 12.0. The van der Waals surface area contributed by atoms with Crippen LogP contribution in [0.2, 0.25) is 0 Å². The molecule has 0 bridgehead atoms. The van der Waals surface area contributed by atoms with E-state index in [0.717, 1.165) is 24.3 Å². The van der Waals surface area contributed by atoms with Crippen LogP contribution in [0, 0.1) is 5.92 Å². The fraction of sp³-hybridized carbons (Fsp3) is 0.357. The molecular weight excluding hydrogens is 558 g/mol. The summed E-state index contributed by atoms with van der Waals surface area (Å²) in [5.41, 5.74) is -3.77. The molecule has 1 N–H and O–H groups in total. The molecule has 1 amide bonds. The molecule has 5 nitrogen and oxygen atoms in total. The number of anilines is 1. The molecule has 0 saturated carbocycles. The topological polar surface area (TPSA) is 60.9 Å². The summed E-state index contributed by atoms with van der Waals surface area (Å²) < 4.78 is 85.0. The number of hydrogen-bond acceptors (Lipinski definition) is 4. The van der Waals surface area contributed by atoms with Crippen molar-refractivity contribution in [2.24, 2.45) is 5.92 Å². The van der Waals surface area contributed by atoms with Gasteiger partial charge in [-0.2, -0.15) is 26.3 Å². The van der Waals surface area contributed by atoms with Gasteiger partial charge >= 0.3 is 18.3 Å². The molecule has 2 aliphatic rings. The summed E-state index contributed by atoms with van der Waals surface area (Å²) in [7, 11) is 0. The van der Waals surface area contributed by atoms with Gasteiger partial charge < -0.3 is 14.9 Å². The first kappa shape index (κ1) is 29.6. The van der Waals surface area contributed by atoms with Gasteiger partial charge in [-0.3, -0.25) is 9.59 Å². The molecule has 0 unspecified atom stereocenters. The Morgan fingerprint density at radius 3 is 2.23 bits per heavy atom. The minimum atomic E-state index is -5.34. The number of benzene rings is 2. The molecule has 2 heterocycles. The Kier molecular flexibility index (Phi) is 8.86. The van der Waals surface area contributed by atoms with E-state index in [4.69, 9.17) is 0 Å². The van der Waals surface area contributed by atoms with Crippen LogP contribution in [-0.2, 0) is 21.9 Å². The van der Waals surface area contributed by atoms with Gasteiger partial charge in [0.15, 0.2) is 0 Å². The fourth-order valence-corrected chi connectivity index (χ4v) is 5.81. The SMILES string of the molecule is O=C(O)C1CCN(c2cccc(Sc3ccc(C=CC(=O)N4CC=CCC4)c(C(F)(F)F)c3C(F)(F)F)c2)CC1. The number of alkyl halides is 6. The van der Waals surface area contributed by atoms with E-state index in [1.54, 1.807) is 24.3 Å². The highest BCUT2D eigenvalue weighted by atomic mass is 32.2. The number of carbonyl (C=O) groups is 2. The van der Waals surface area contributed by atoms with Crippen molar-refractivity contribution in [3.05, 3.63) is 71.3 Å². The molecule has 12 heteroatoms. The lowest BCUT2D eigenvalue weighted by atomic mass is 9.97. The number of carbonyl (C=O) groups excluding carboxylic acids is 1. The Balaban J connectivity index is 1.66. The smallest absolute Gasteiger partial charge is 0.418 e. The number of nitrogens with zero attached hydrogens (tertiary/aromatic N) is 2. The number of hydrogen-bond donors (Lipinski definition) is 1. The third-order valence-corrected chi connectivity index (χ3v) is 7.85. The molecule has 2 aromatic rings. The van der Waals surface area contributed by atoms with Crippen LogP contribution in [0.3, 0.4) is 0 Å². The van der Waals surface area contributed by atoms with Crippen LogP contribution >= 0.6 is 11.8 Å². The zero-order valence-corrected chi connectivity index (χ0v) is 22.0. The average Bonchev–Trinajstić information content (AvgIpc) is 2.91. The molecule has 1 saturated heterocycles. The molecule has 2 aromatic carbocycles. The maximum atomic E-state index is 14.2. The van der Waals surface area contributed by atoms with Crippen molar-refractivity contribution < 1.29 is 41.0 Å². The summed E-state index contributed by atoms with van der Waals surface area (Å²) in [5, 5.41) is 9.20. The van der Waals surface area contributed by atoms with Gasteiger partial charge in [0.2, 0.25) is 5.91 Å². The van der Waals surface area contributed by atoms with Crippen LogP contribution in [0.5, 0.6) is 0 Å². The molecule has 0 spiro atoms.